The lowest BCUT2D eigenvalue weighted by Crippen LogP contribution is -2.61. The Balaban J connectivity index is 1.21. The summed E-state index contributed by atoms with van der Waals surface area (Å²) in [7, 11) is 0. The second-order valence-corrected chi connectivity index (χ2v) is 8.91. The van der Waals surface area contributed by atoms with Crippen molar-refractivity contribution in [2.75, 3.05) is 6.54 Å². The standard InChI is InChI=1S/C21H26N2O3/c24-19-18(11-22-19)23-20(25)26-12-13-1-3-17(4-2-13)21-8-14-5-15(9-21)7-16(6-14)10-21/h1-4,14-16,18H,5-12H2,(H,22,24)(H,23,25)/t14?,15?,16?,18-,21?/m0/s1. The molecule has 0 aromatic heterocycles. The summed E-state index contributed by atoms with van der Waals surface area (Å²) in [5.41, 5.74) is 2.88. The number of hydrogen-bond donors (Lipinski definition) is 2. The van der Waals surface area contributed by atoms with Crippen LogP contribution >= 0.6 is 0 Å². The average molecular weight is 354 g/mol. The lowest BCUT2D eigenvalue weighted by molar-refractivity contribution is -0.128. The first-order valence-corrected chi connectivity index (χ1v) is 9.90. The van der Waals surface area contributed by atoms with E-state index in [-0.39, 0.29) is 12.5 Å². The molecule has 0 spiro atoms. The number of rotatable bonds is 4. The van der Waals surface area contributed by atoms with Crippen LogP contribution in [0.2, 0.25) is 0 Å². The minimum absolute atomic E-state index is 0.151. The summed E-state index contributed by atoms with van der Waals surface area (Å²) in [4.78, 5) is 22.9. The maximum atomic E-state index is 11.7. The summed E-state index contributed by atoms with van der Waals surface area (Å²) in [5, 5.41) is 5.15. The maximum absolute atomic E-state index is 11.7. The van der Waals surface area contributed by atoms with Gasteiger partial charge >= 0.3 is 6.09 Å². The summed E-state index contributed by atoms with van der Waals surface area (Å²) in [6, 6.07) is 8.25. The summed E-state index contributed by atoms with van der Waals surface area (Å²) in [6.45, 7) is 0.717. The van der Waals surface area contributed by atoms with Crippen LogP contribution in [0.1, 0.15) is 49.7 Å². The first kappa shape index (κ1) is 16.2. The van der Waals surface area contributed by atoms with Gasteiger partial charge in [-0.05, 0) is 72.8 Å². The second-order valence-electron chi connectivity index (χ2n) is 8.91. The van der Waals surface area contributed by atoms with Crippen molar-refractivity contribution in [3.05, 3.63) is 35.4 Å². The summed E-state index contributed by atoms with van der Waals surface area (Å²) < 4.78 is 5.24. The smallest absolute Gasteiger partial charge is 0.408 e. The van der Waals surface area contributed by atoms with Gasteiger partial charge < -0.3 is 15.4 Å². The highest BCUT2D eigenvalue weighted by Gasteiger charge is 2.51. The third kappa shape index (κ3) is 2.78. The number of alkyl carbamates (subject to hydrolysis) is 1. The Morgan fingerprint density at radius 1 is 1.08 bits per heavy atom. The molecule has 4 bridgehead atoms. The Kier molecular flexibility index (Phi) is 3.73. The van der Waals surface area contributed by atoms with Gasteiger partial charge in [-0.15, -0.1) is 0 Å². The number of carbonyl (C=O) groups is 2. The van der Waals surface area contributed by atoms with Crippen molar-refractivity contribution in [1.29, 1.82) is 0 Å². The summed E-state index contributed by atoms with van der Waals surface area (Å²) in [5.74, 6) is 2.67. The molecule has 138 valence electrons. The van der Waals surface area contributed by atoms with Crippen LogP contribution in [0.4, 0.5) is 4.79 Å². The van der Waals surface area contributed by atoms with Crippen LogP contribution in [0.15, 0.2) is 24.3 Å². The van der Waals surface area contributed by atoms with Crippen LogP contribution in [0.5, 0.6) is 0 Å². The Morgan fingerprint density at radius 2 is 1.69 bits per heavy atom. The van der Waals surface area contributed by atoms with Gasteiger partial charge in [0.25, 0.3) is 0 Å². The van der Waals surface area contributed by atoms with Gasteiger partial charge in [0.05, 0.1) is 0 Å². The van der Waals surface area contributed by atoms with Crippen LogP contribution in [0.25, 0.3) is 0 Å². The normalized spacial score (nSPS) is 37.0. The van der Waals surface area contributed by atoms with E-state index in [9.17, 15) is 9.59 Å². The van der Waals surface area contributed by atoms with E-state index in [1.54, 1.807) is 0 Å². The number of hydrogen-bond acceptors (Lipinski definition) is 3. The van der Waals surface area contributed by atoms with Gasteiger partial charge in [-0.1, -0.05) is 24.3 Å². The van der Waals surface area contributed by atoms with Gasteiger partial charge in [0.1, 0.15) is 12.6 Å². The molecule has 1 aromatic carbocycles. The Bertz CT molecular complexity index is 692. The third-order valence-electron chi connectivity index (χ3n) is 7.06. The van der Waals surface area contributed by atoms with Crippen molar-refractivity contribution in [3.63, 3.8) is 0 Å². The van der Waals surface area contributed by atoms with Gasteiger partial charge in [0, 0.05) is 6.54 Å². The zero-order valence-electron chi connectivity index (χ0n) is 15.0. The molecule has 2 N–H and O–H groups in total. The largest absolute Gasteiger partial charge is 0.445 e. The fraction of sp³-hybridized carbons (Fsp3) is 0.619. The Labute approximate surface area is 153 Å². The number of amides is 2. The SMILES string of the molecule is O=C(N[C@H]1CNC1=O)OCc1ccc(C23CC4CC(CC(C4)C2)C3)cc1. The van der Waals surface area contributed by atoms with E-state index in [1.807, 2.05) is 0 Å². The van der Waals surface area contributed by atoms with E-state index in [0.717, 1.165) is 23.3 Å². The van der Waals surface area contributed by atoms with Crippen molar-refractivity contribution in [3.8, 4) is 0 Å². The van der Waals surface area contributed by atoms with Crippen molar-refractivity contribution in [2.45, 2.75) is 56.6 Å². The van der Waals surface area contributed by atoms with E-state index < -0.39 is 12.1 Å². The van der Waals surface area contributed by atoms with Gasteiger partial charge in [-0.25, -0.2) is 4.79 Å². The van der Waals surface area contributed by atoms with Gasteiger partial charge in [0.15, 0.2) is 0 Å². The molecular formula is C21H26N2O3. The molecule has 0 radical (unpaired) electrons. The zero-order valence-corrected chi connectivity index (χ0v) is 15.0. The minimum atomic E-state index is -0.532. The van der Waals surface area contributed by atoms with Crippen LogP contribution in [-0.2, 0) is 21.6 Å². The topological polar surface area (TPSA) is 67.4 Å². The number of ether oxygens (including phenoxy) is 1. The highest BCUT2D eigenvalue weighted by Crippen LogP contribution is 2.60. The van der Waals surface area contributed by atoms with Crippen molar-refractivity contribution in [1.82, 2.24) is 10.6 Å². The van der Waals surface area contributed by atoms with Crippen LogP contribution in [0, 0.1) is 17.8 Å². The van der Waals surface area contributed by atoms with E-state index in [4.69, 9.17) is 4.74 Å². The molecule has 5 aliphatic rings. The molecule has 5 nitrogen and oxygen atoms in total. The molecule has 1 aliphatic heterocycles. The molecule has 2 amide bonds. The molecule has 4 saturated carbocycles. The van der Waals surface area contributed by atoms with E-state index in [0.29, 0.717) is 12.0 Å². The highest BCUT2D eigenvalue weighted by atomic mass is 16.5. The van der Waals surface area contributed by atoms with Crippen molar-refractivity contribution >= 4 is 12.0 Å². The molecular weight excluding hydrogens is 328 g/mol. The van der Waals surface area contributed by atoms with E-state index in [2.05, 4.69) is 34.9 Å². The molecule has 5 fully saturated rings. The second kappa shape index (κ2) is 6.00. The molecule has 26 heavy (non-hydrogen) atoms. The molecule has 1 heterocycles. The number of β-lactam (4-membered cyclic amide) rings is 1. The fourth-order valence-corrected chi connectivity index (χ4v) is 6.16. The van der Waals surface area contributed by atoms with Gasteiger partial charge in [-0.2, -0.15) is 0 Å². The first-order valence-electron chi connectivity index (χ1n) is 9.90. The molecule has 1 atom stereocenters. The molecule has 1 saturated heterocycles. The van der Waals surface area contributed by atoms with Crippen molar-refractivity contribution < 1.29 is 14.3 Å². The lowest BCUT2D eigenvalue weighted by atomic mass is 9.48. The van der Waals surface area contributed by atoms with Crippen LogP contribution < -0.4 is 10.6 Å². The minimum Gasteiger partial charge on any atom is -0.445 e. The quantitative estimate of drug-likeness (QED) is 0.817. The van der Waals surface area contributed by atoms with Crippen LogP contribution in [-0.4, -0.2) is 24.6 Å². The molecule has 1 aromatic rings. The van der Waals surface area contributed by atoms with Crippen LogP contribution in [0.3, 0.4) is 0 Å². The maximum Gasteiger partial charge on any atom is 0.408 e. The molecule has 6 rings (SSSR count). The third-order valence-corrected chi connectivity index (χ3v) is 7.06. The number of benzene rings is 1. The fourth-order valence-electron chi connectivity index (χ4n) is 6.16. The molecule has 0 unspecified atom stereocenters. The Morgan fingerprint density at radius 3 is 2.19 bits per heavy atom. The summed E-state index contributed by atoms with van der Waals surface area (Å²) in [6.07, 6.45) is 7.93. The average Bonchev–Trinajstić information content (AvgIpc) is 2.62. The number of nitrogens with one attached hydrogen (secondary N) is 2. The molecule has 4 aliphatic carbocycles. The first-order chi connectivity index (χ1) is 12.6. The van der Waals surface area contributed by atoms with E-state index >= 15 is 0 Å². The monoisotopic (exact) mass is 354 g/mol. The van der Waals surface area contributed by atoms with Crippen molar-refractivity contribution in [2.24, 2.45) is 17.8 Å². The number of carbonyl (C=O) groups excluding carboxylic acids is 2. The highest BCUT2D eigenvalue weighted by molar-refractivity contribution is 5.90. The zero-order chi connectivity index (χ0) is 17.7. The van der Waals surface area contributed by atoms with E-state index in [1.165, 1.54) is 44.1 Å². The Hall–Kier alpha value is -2.04. The lowest BCUT2D eigenvalue weighted by Gasteiger charge is -2.57. The van der Waals surface area contributed by atoms with Gasteiger partial charge in [-0.3, -0.25) is 4.79 Å². The molecule has 5 heteroatoms. The van der Waals surface area contributed by atoms with Gasteiger partial charge in [0.2, 0.25) is 5.91 Å². The predicted octanol–water partition coefficient (Wildman–Crippen LogP) is 2.88. The summed E-state index contributed by atoms with van der Waals surface area (Å²) >= 11 is 0. The predicted molar refractivity (Wildman–Crippen MR) is 96.4 cm³/mol.